The highest BCUT2D eigenvalue weighted by atomic mass is 79.9. The molecule has 0 aromatic heterocycles. The third kappa shape index (κ3) is 5.35. The van der Waals surface area contributed by atoms with Crippen LogP contribution in [0.25, 0.3) is 0 Å². The van der Waals surface area contributed by atoms with Gasteiger partial charge in [-0.25, -0.2) is 8.42 Å². The molecule has 0 atom stereocenters. The molecule has 0 spiro atoms. The number of amides is 1. The summed E-state index contributed by atoms with van der Waals surface area (Å²) in [5.74, 6) is -0.0122. The van der Waals surface area contributed by atoms with E-state index < -0.39 is 15.9 Å². The minimum Gasteiger partial charge on any atom is -0.495 e. The zero-order chi connectivity index (χ0) is 18.6. The van der Waals surface area contributed by atoms with E-state index in [1.54, 1.807) is 36.4 Å². The molecule has 0 heterocycles. The standard InChI is InChI=1S/C16H16BrClN2O4S/c1-24-15-8-5-12(9-14(15)18)19-16(21)10-20(25(2,22)23)13-6-3-11(17)4-7-13/h3-9H,10H2,1-2H3,(H,19,21). The number of anilines is 2. The molecule has 1 N–H and O–H groups in total. The smallest absolute Gasteiger partial charge is 0.245 e. The van der Waals surface area contributed by atoms with Gasteiger partial charge in [-0.3, -0.25) is 9.10 Å². The van der Waals surface area contributed by atoms with E-state index in [0.29, 0.717) is 22.1 Å². The summed E-state index contributed by atoms with van der Waals surface area (Å²) in [4.78, 5) is 12.3. The van der Waals surface area contributed by atoms with Crippen molar-refractivity contribution in [1.29, 1.82) is 0 Å². The lowest BCUT2D eigenvalue weighted by Crippen LogP contribution is -2.37. The highest BCUT2D eigenvalue weighted by molar-refractivity contribution is 9.10. The molecule has 134 valence electrons. The van der Waals surface area contributed by atoms with Gasteiger partial charge in [-0.15, -0.1) is 0 Å². The Hall–Kier alpha value is -1.77. The van der Waals surface area contributed by atoms with Crippen molar-refractivity contribution in [2.45, 2.75) is 0 Å². The number of rotatable bonds is 6. The van der Waals surface area contributed by atoms with Crippen molar-refractivity contribution in [2.75, 3.05) is 29.5 Å². The molecule has 2 aromatic rings. The fourth-order valence-electron chi connectivity index (χ4n) is 2.08. The average molecular weight is 448 g/mol. The second-order valence-corrected chi connectivity index (χ2v) is 8.37. The predicted octanol–water partition coefficient (Wildman–Crippen LogP) is 3.52. The zero-order valence-corrected chi connectivity index (χ0v) is 16.7. The van der Waals surface area contributed by atoms with E-state index in [1.165, 1.54) is 13.2 Å². The second-order valence-electron chi connectivity index (χ2n) is 5.14. The lowest BCUT2D eigenvalue weighted by molar-refractivity contribution is -0.114. The van der Waals surface area contributed by atoms with Crippen LogP contribution in [0.15, 0.2) is 46.9 Å². The highest BCUT2D eigenvalue weighted by Crippen LogP contribution is 2.27. The van der Waals surface area contributed by atoms with Gasteiger partial charge in [0.25, 0.3) is 0 Å². The van der Waals surface area contributed by atoms with E-state index in [4.69, 9.17) is 16.3 Å². The Morgan fingerprint density at radius 2 is 1.88 bits per heavy atom. The molecule has 6 nitrogen and oxygen atoms in total. The van der Waals surface area contributed by atoms with E-state index in [1.807, 2.05) is 0 Å². The lowest BCUT2D eigenvalue weighted by Gasteiger charge is -2.22. The Morgan fingerprint density at radius 1 is 1.24 bits per heavy atom. The van der Waals surface area contributed by atoms with Gasteiger partial charge in [-0.1, -0.05) is 27.5 Å². The number of halogens is 2. The van der Waals surface area contributed by atoms with Gasteiger partial charge in [-0.05, 0) is 42.5 Å². The molecule has 2 rings (SSSR count). The van der Waals surface area contributed by atoms with E-state index in [2.05, 4.69) is 21.2 Å². The van der Waals surface area contributed by atoms with Crippen LogP contribution in [0.2, 0.25) is 5.02 Å². The van der Waals surface area contributed by atoms with Crippen LogP contribution >= 0.6 is 27.5 Å². The first kappa shape index (κ1) is 19.6. The maximum Gasteiger partial charge on any atom is 0.245 e. The van der Waals surface area contributed by atoms with Gasteiger partial charge in [0, 0.05) is 10.2 Å². The number of benzene rings is 2. The molecular formula is C16H16BrClN2O4S. The third-order valence-corrected chi connectivity index (χ3v) is 5.20. The number of carbonyl (C=O) groups is 1. The highest BCUT2D eigenvalue weighted by Gasteiger charge is 2.21. The van der Waals surface area contributed by atoms with Crippen molar-refractivity contribution >= 4 is 54.8 Å². The van der Waals surface area contributed by atoms with Crippen molar-refractivity contribution < 1.29 is 17.9 Å². The molecule has 0 fully saturated rings. The Labute approximate surface area is 159 Å². The Balaban J connectivity index is 2.17. The van der Waals surface area contributed by atoms with Crippen LogP contribution in [0, 0.1) is 0 Å². The Bertz CT molecular complexity index is 872. The maximum atomic E-state index is 12.3. The normalized spacial score (nSPS) is 11.0. The molecule has 9 heteroatoms. The predicted molar refractivity (Wildman–Crippen MR) is 103 cm³/mol. The van der Waals surface area contributed by atoms with E-state index in [9.17, 15) is 13.2 Å². The van der Waals surface area contributed by atoms with Crippen LogP contribution in [-0.2, 0) is 14.8 Å². The number of nitrogens with one attached hydrogen (secondary N) is 1. The van der Waals surface area contributed by atoms with Gasteiger partial charge >= 0.3 is 0 Å². The summed E-state index contributed by atoms with van der Waals surface area (Å²) in [6, 6.07) is 11.4. The largest absolute Gasteiger partial charge is 0.495 e. The maximum absolute atomic E-state index is 12.3. The molecule has 0 aliphatic heterocycles. The van der Waals surface area contributed by atoms with Crippen LogP contribution in [0.1, 0.15) is 0 Å². The van der Waals surface area contributed by atoms with Gasteiger partial charge in [0.2, 0.25) is 15.9 Å². The van der Waals surface area contributed by atoms with Crippen molar-refractivity contribution in [1.82, 2.24) is 0 Å². The van der Waals surface area contributed by atoms with Crippen LogP contribution in [0.4, 0.5) is 11.4 Å². The monoisotopic (exact) mass is 446 g/mol. The number of carbonyl (C=O) groups excluding carboxylic acids is 1. The van der Waals surface area contributed by atoms with Crippen LogP contribution in [-0.4, -0.2) is 34.2 Å². The van der Waals surface area contributed by atoms with Crippen molar-refractivity contribution in [3.05, 3.63) is 52.0 Å². The number of nitrogens with zero attached hydrogens (tertiary/aromatic N) is 1. The van der Waals surface area contributed by atoms with Gasteiger partial charge < -0.3 is 10.1 Å². The molecule has 0 saturated carbocycles. The molecule has 25 heavy (non-hydrogen) atoms. The zero-order valence-electron chi connectivity index (χ0n) is 13.5. The molecule has 2 aromatic carbocycles. The minimum absolute atomic E-state index is 0.341. The Kier molecular flexibility index (Phi) is 6.31. The first-order valence-corrected chi connectivity index (χ1v) is 10.1. The first-order chi connectivity index (χ1) is 11.7. The molecule has 0 radical (unpaired) electrons. The molecule has 0 unspecified atom stereocenters. The van der Waals surface area contributed by atoms with Gasteiger partial charge in [0.05, 0.1) is 24.1 Å². The number of ether oxygens (including phenoxy) is 1. The van der Waals surface area contributed by atoms with Gasteiger partial charge in [0.1, 0.15) is 12.3 Å². The summed E-state index contributed by atoms with van der Waals surface area (Å²) >= 11 is 9.30. The van der Waals surface area contributed by atoms with E-state index in [-0.39, 0.29) is 6.54 Å². The van der Waals surface area contributed by atoms with E-state index >= 15 is 0 Å². The van der Waals surface area contributed by atoms with Crippen molar-refractivity contribution in [3.8, 4) is 5.75 Å². The number of hydrogen-bond acceptors (Lipinski definition) is 4. The molecule has 0 aliphatic rings. The fraction of sp³-hybridized carbons (Fsp3) is 0.188. The summed E-state index contributed by atoms with van der Waals surface area (Å²) in [5, 5.41) is 2.96. The number of sulfonamides is 1. The quantitative estimate of drug-likeness (QED) is 0.735. The SMILES string of the molecule is COc1ccc(NC(=O)CN(c2ccc(Br)cc2)S(C)(=O)=O)cc1Cl. The van der Waals surface area contributed by atoms with Crippen LogP contribution < -0.4 is 14.4 Å². The molecule has 0 aliphatic carbocycles. The minimum atomic E-state index is -3.63. The summed E-state index contributed by atoms with van der Waals surface area (Å²) < 4.78 is 31.0. The number of hydrogen-bond donors (Lipinski definition) is 1. The molecule has 0 saturated heterocycles. The van der Waals surface area contributed by atoms with Crippen molar-refractivity contribution in [2.24, 2.45) is 0 Å². The molecule has 1 amide bonds. The third-order valence-electron chi connectivity index (χ3n) is 3.24. The summed E-state index contributed by atoms with van der Waals surface area (Å²) in [7, 11) is -2.14. The topological polar surface area (TPSA) is 75.7 Å². The van der Waals surface area contributed by atoms with Gasteiger partial charge in [0.15, 0.2) is 0 Å². The first-order valence-electron chi connectivity index (χ1n) is 7.07. The Morgan fingerprint density at radius 3 is 2.40 bits per heavy atom. The average Bonchev–Trinajstić information content (AvgIpc) is 2.53. The summed E-state index contributed by atoms with van der Waals surface area (Å²) in [5.41, 5.74) is 0.841. The second kappa shape index (κ2) is 8.07. The summed E-state index contributed by atoms with van der Waals surface area (Å²) in [6.45, 7) is -0.357. The van der Waals surface area contributed by atoms with Crippen LogP contribution in [0.3, 0.4) is 0 Å². The molecule has 0 bridgehead atoms. The van der Waals surface area contributed by atoms with Crippen molar-refractivity contribution in [3.63, 3.8) is 0 Å². The fourth-order valence-corrected chi connectivity index (χ4v) is 3.46. The van der Waals surface area contributed by atoms with Crippen LogP contribution in [0.5, 0.6) is 5.75 Å². The van der Waals surface area contributed by atoms with Gasteiger partial charge in [-0.2, -0.15) is 0 Å². The lowest BCUT2D eigenvalue weighted by atomic mass is 10.3. The van der Waals surface area contributed by atoms with E-state index in [0.717, 1.165) is 15.0 Å². The molecular weight excluding hydrogens is 432 g/mol. The summed E-state index contributed by atoms with van der Waals surface area (Å²) in [6.07, 6.45) is 1.05. The number of methoxy groups -OCH3 is 1.